The zero-order chi connectivity index (χ0) is 22.7. The number of aromatic amines is 1. The highest BCUT2D eigenvalue weighted by molar-refractivity contribution is 8.01. The SMILES string of the molecule is N#C[C@@H]1CC(F)(F)CN1C(=O)CNC(=O)c1csc(Sc2ccc(-c3nn[nH]n3)cc2)n1. The maximum atomic E-state index is 13.5. The van der Waals surface area contributed by atoms with Gasteiger partial charge in [-0.25, -0.2) is 13.8 Å². The van der Waals surface area contributed by atoms with Crippen LogP contribution in [0, 0.1) is 11.3 Å². The summed E-state index contributed by atoms with van der Waals surface area (Å²) in [6, 6.07) is 7.86. The van der Waals surface area contributed by atoms with Crippen molar-refractivity contribution in [2.75, 3.05) is 13.1 Å². The first-order valence-electron chi connectivity index (χ1n) is 9.17. The average molecular weight is 476 g/mol. The summed E-state index contributed by atoms with van der Waals surface area (Å²) in [7, 11) is 0. The predicted molar refractivity (Wildman–Crippen MR) is 109 cm³/mol. The van der Waals surface area contributed by atoms with E-state index in [0.29, 0.717) is 10.2 Å². The highest BCUT2D eigenvalue weighted by atomic mass is 32.2. The first-order chi connectivity index (χ1) is 15.3. The van der Waals surface area contributed by atoms with Crippen LogP contribution in [0.4, 0.5) is 8.78 Å². The van der Waals surface area contributed by atoms with Crippen LogP contribution in [-0.2, 0) is 4.79 Å². The molecule has 2 N–H and O–H groups in total. The fourth-order valence-electron chi connectivity index (χ4n) is 3.01. The molecule has 32 heavy (non-hydrogen) atoms. The van der Waals surface area contributed by atoms with E-state index in [1.165, 1.54) is 28.5 Å². The number of rotatable bonds is 6. The molecule has 0 bridgehead atoms. The van der Waals surface area contributed by atoms with Gasteiger partial charge in [-0.3, -0.25) is 9.59 Å². The molecule has 1 saturated heterocycles. The fourth-order valence-corrected chi connectivity index (χ4v) is 4.77. The second kappa shape index (κ2) is 8.97. The van der Waals surface area contributed by atoms with Crippen molar-refractivity contribution >= 4 is 34.9 Å². The van der Waals surface area contributed by atoms with E-state index in [9.17, 15) is 18.4 Å². The molecular weight excluding hydrogens is 462 g/mol. The molecule has 0 saturated carbocycles. The number of halogens is 2. The van der Waals surface area contributed by atoms with Crippen molar-refractivity contribution in [2.45, 2.75) is 27.6 Å². The van der Waals surface area contributed by atoms with Crippen LogP contribution in [0.2, 0.25) is 0 Å². The van der Waals surface area contributed by atoms with E-state index in [0.717, 1.165) is 15.4 Å². The molecule has 1 fully saturated rings. The number of aromatic nitrogens is 5. The van der Waals surface area contributed by atoms with E-state index in [2.05, 4.69) is 30.9 Å². The number of thiazole rings is 1. The van der Waals surface area contributed by atoms with Gasteiger partial charge in [0.15, 0.2) is 4.34 Å². The van der Waals surface area contributed by atoms with Gasteiger partial charge in [-0.05, 0) is 29.5 Å². The summed E-state index contributed by atoms with van der Waals surface area (Å²) in [5.41, 5.74) is 0.902. The molecule has 14 heteroatoms. The lowest BCUT2D eigenvalue weighted by molar-refractivity contribution is -0.131. The Bertz CT molecular complexity index is 1160. The highest BCUT2D eigenvalue weighted by Crippen LogP contribution is 2.32. The summed E-state index contributed by atoms with van der Waals surface area (Å²) in [6.07, 6.45) is -0.702. The van der Waals surface area contributed by atoms with E-state index >= 15 is 0 Å². The molecule has 4 rings (SSSR count). The Balaban J connectivity index is 1.32. The zero-order valence-corrected chi connectivity index (χ0v) is 17.8. The van der Waals surface area contributed by atoms with Crippen molar-refractivity contribution in [2.24, 2.45) is 0 Å². The number of nitrogens with one attached hydrogen (secondary N) is 2. The van der Waals surface area contributed by atoms with Gasteiger partial charge in [0.1, 0.15) is 11.7 Å². The lowest BCUT2D eigenvalue weighted by atomic mass is 10.2. The van der Waals surface area contributed by atoms with Crippen LogP contribution in [0.5, 0.6) is 0 Å². The smallest absolute Gasteiger partial charge is 0.271 e. The Kier molecular flexibility index (Phi) is 6.10. The van der Waals surface area contributed by atoms with Crippen molar-refractivity contribution < 1.29 is 18.4 Å². The Morgan fingerprint density at radius 3 is 2.84 bits per heavy atom. The number of tetrazole rings is 1. The number of carbonyl (C=O) groups excluding carboxylic acids is 2. The van der Waals surface area contributed by atoms with E-state index < -0.39 is 43.3 Å². The number of amides is 2. The zero-order valence-electron chi connectivity index (χ0n) is 16.2. The van der Waals surface area contributed by atoms with Crippen molar-refractivity contribution in [3.63, 3.8) is 0 Å². The molecule has 164 valence electrons. The number of benzene rings is 1. The number of H-pyrrole nitrogens is 1. The number of nitriles is 1. The normalized spacial score (nSPS) is 17.2. The molecule has 3 aromatic rings. The standard InChI is InChI=1S/C18H14F2N8O2S2/c19-18(20)5-11(6-21)28(9-18)14(29)7-22-16(30)13-8-31-17(23-13)32-12-3-1-10(2-4-12)15-24-26-27-25-15/h1-4,8,11H,5,7,9H2,(H,22,30)(H,24,25,26,27)/t11-/m0/s1. The minimum Gasteiger partial charge on any atom is -0.342 e. The maximum absolute atomic E-state index is 13.5. The van der Waals surface area contributed by atoms with Gasteiger partial charge < -0.3 is 10.2 Å². The van der Waals surface area contributed by atoms with E-state index in [-0.39, 0.29) is 5.69 Å². The van der Waals surface area contributed by atoms with Gasteiger partial charge in [-0.15, -0.1) is 21.5 Å². The number of nitrogens with zero attached hydrogens (tertiary/aromatic N) is 6. The largest absolute Gasteiger partial charge is 0.342 e. The first-order valence-corrected chi connectivity index (χ1v) is 10.9. The van der Waals surface area contributed by atoms with E-state index in [4.69, 9.17) is 5.26 Å². The van der Waals surface area contributed by atoms with Crippen LogP contribution in [0.1, 0.15) is 16.9 Å². The minimum absolute atomic E-state index is 0.109. The Morgan fingerprint density at radius 1 is 1.38 bits per heavy atom. The molecule has 0 radical (unpaired) electrons. The summed E-state index contributed by atoms with van der Waals surface area (Å²) in [6.45, 7) is -1.33. The van der Waals surface area contributed by atoms with E-state index in [1.807, 2.05) is 24.3 Å². The quantitative estimate of drug-likeness (QED) is 0.550. The van der Waals surface area contributed by atoms with Crippen LogP contribution >= 0.6 is 23.1 Å². The minimum atomic E-state index is -3.11. The summed E-state index contributed by atoms with van der Waals surface area (Å²) in [5.74, 6) is -3.98. The van der Waals surface area contributed by atoms with Gasteiger partial charge in [0.05, 0.1) is 19.2 Å². The van der Waals surface area contributed by atoms with Gasteiger partial charge in [-0.1, -0.05) is 11.8 Å². The lowest BCUT2D eigenvalue weighted by Crippen LogP contribution is -2.43. The first kappa shape index (κ1) is 21.8. The van der Waals surface area contributed by atoms with Crippen LogP contribution in [-0.4, -0.2) is 67.4 Å². The molecule has 3 heterocycles. The summed E-state index contributed by atoms with van der Waals surface area (Å²) < 4.78 is 27.6. The number of hydrogen-bond acceptors (Lipinski definition) is 9. The van der Waals surface area contributed by atoms with Crippen molar-refractivity contribution in [1.82, 2.24) is 35.8 Å². The molecule has 1 aromatic carbocycles. The number of likely N-dealkylation sites (tertiary alicyclic amines) is 1. The van der Waals surface area contributed by atoms with Crippen molar-refractivity contribution in [3.05, 3.63) is 35.3 Å². The van der Waals surface area contributed by atoms with Gasteiger partial charge in [0, 0.05) is 22.3 Å². The predicted octanol–water partition coefficient (Wildman–Crippen LogP) is 1.96. The van der Waals surface area contributed by atoms with Crippen molar-refractivity contribution in [3.8, 4) is 17.5 Å². The monoisotopic (exact) mass is 476 g/mol. The Morgan fingerprint density at radius 2 is 2.16 bits per heavy atom. The molecule has 0 aliphatic carbocycles. The second-order valence-corrected chi connectivity index (χ2v) is 8.95. The fraction of sp³-hybridized carbons (Fsp3) is 0.278. The molecular formula is C18H14F2N8O2S2. The van der Waals surface area contributed by atoms with Gasteiger partial charge in [0.25, 0.3) is 11.8 Å². The summed E-state index contributed by atoms with van der Waals surface area (Å²) in [5, 5.41) is 26.6. The average Bonchev–Trinajstić information content (AvgIpc) is 3.52. The lowest BCUT2D eigenvalue weighted by Gasteiger charge is -2.19. The molecule has 0 unspecified atom stereocenters. The summed E-state index contributed by atoms with van der Waals surface area (Å²) in [4.78, 5) is 30.4. The van der Waals surface area contributed by atoms with Gasteiger partial charge >= 0.3 is 0 Å². The maximum Gasteiger partial charge on any atom is 0.271 e. The number of carbonyl (C=O) groups is 2. The van der Waals surface area contributed by atoms with Crippen LogP contribution in [0.15, 0.2) is 38.9 Å². The third kappa shape index (κ3) is 4.89. The summed E-state index contributed by atoms with van der Waals surface area (Å²) >= 11 is 2.60. The Hall–Kier alpha value is -3.44. The molecule has 10 nitrogen and oxygen atoms in total. The molecule has 1 aliphatic rings. The topological polar surface area (TPSA) is 141 Å². The Labute approximate surface area is 188 Å². The third-order valence-corrected chi connectivity index (χ3v) is 6.46. The highest BCUT2D eigenvalue weighted by Gasteiger charge is 2.47. The number of hydrogen-bond donors (Lipinski definition) is 2. The van der Waals surface area contributed by atoms with Crippen LogP contribution in [0.3, 0.4) is 0 Å². The molecule has 0 spiro atoms. The van der Waals surface area contributed by atoms with Crippen LogP contribution < -0.4 is 5.32 Å². The van der Waals surface area contributed by atoms with Gasteiger partial charge in [-0.2, -0.15) is 10.5 Å². The van der Waals surface area contributed by atoms with Gasteiger partial charge in [0.2, 0.25) is 11.7 Å². The number of alkyl halides is 2. The van der Waals surface area contributed by atoms with E-state index in [1.54, 1.807) is 6.07 Å². The second-order valence-electron chi connectivity index (χ2n) is 6.77. The molecule has 1 atom stereocenters. The van der Waals surface area contributed by atoms with Crippen LogP contribution in [0.25, 0.3) is 11.4 Å². The molecule has 2 aromatic heterocycles. The van der Waals surface area contributed by atoms with Crippen molar-refractivity contribution in [1.29, 1.82) is 5.26 Å². The third-order valence-electron chi connectivity index (χ3n) is 4.52. The molecule has 1 aliphatic heterocycles. The molecule has 2 amide bonds.